The summed E-state index contributed by atoms with van der Waals surface area (Å²) in [7, 11) is 1.36. The molecule has 1 aliphatic carbocycles. The number of imidazole rings is 1. The summed E-state index contributed by atoms with van der Waals surface area (Å²) >= 11 is 6.33. The number of anilines is 1. The lowest BCUT2D eigenvalue weighted by Gasteiger charge is -2.11. The van der Waals surface area contributed by atoms with Crippen LogP contribution in [-0.2, 0) is 13.2 Å². The molecule has 44 heavy (non-hydrogen) atoms. The van der Waals surface area contributed by atoms with Crippen molar-refractivity contribution in [3.05, 3.63) is 81.1 Å². The van der Waals surface area contributed by atoms with Gasteiger partial charge < -0.3 is 20.5 Å². The van der Waals surface area contributed by atoms with E-state index in [1.165, 1.54) is 29.8 Å². The van der Waals surface area contributed by atoms with Gasteiger partial charge in [-0.15, -0.1) is 12.4 Å². The summed E-state index contributed by atoms with van der Waals surface area (Å²) in [6.07, 6.45) is -1.84. The Kier molecular flexibility index (Phi) is 8.09. The van der Waals surface area contributed by atoms with Crippen LogP contribution in [0.15, 0.2) is 48.9 Å². The normalized spacial score (nSPS) is 18.7. The van der Waals surface area contributed by atoms with E-state index in [0.29, 0.717) is 11.8 Å². The first-order valence-corrected chi connectivity index (χ1v) is 13.2. The number of aromatic nitrogens is 5. The second-order valence-electron chi connectivity index (χ2n) is 10.1. The van der Waals surface area contributed by atoms with Crippen molar-refractivity contribution in [1.29, 1.82) is 0 Å². The van der Waals surface area contributed by atoms with Crippen molar-refractivity contribution in [3.63, 3.8) is 0 Å². The van der Waals surface area contributed by atoms with Gasteiger partial charge in [0.15, 0.2) is 17.3 Å². The molecule has 1 saturated heterocycles. The van der Waals surface area contributed by atoms with Crippen LogP contribution in [0.5, 0.6) is 0 Å². The van der Waals surface area contributed by atoms with Gasteiger partial charge in [-0.2, -0.15) is 18.3 Å². The highest BCUT2D eigenvalue weighted by Gasteiger charge is 2.53. The molecule has 0 radical (unpaired) electrons. The van der Waals surface area contributed by atoms with Gasteiger partial charge in [0.1, 0.15) is 6.20 Å². The van der Waals surface area contributed by atoms with E-state index < -0.39 is 28.3 Å². The Hall–Kier alpha value is -4.54. The molecular weight excluding hydrogens is 630 g/mol. The molecule has 0 spiro atoms. The van der Waals surface area contributed by atoms with Gasteiger partial charge in [-0.25, -0.2) is 14.6 Å². The number of rotatable bonds is 7. The van der Waals surface area contributed by atoms with Crippen LogP contribution in [0.4, 0.5) is 24.5 Å². The van der Waals surface area contributed by atoms with Crippen molar-refractivity contribution in [2.24, 2.45) is 18.9 Å². The maximum atomic E-state index is 13.9. The Morgan fingerprint density at radius 3 is 2.45 bits per heavy atom. The molecule has 3 N–H and O–H groups in total. The standard InChI is InChI=1S/C26H21ClF3N9O4.ClH/c1-37-19(17-11-38(36-22(17)26(28,29)30)20-5-3-13(7-32-20)39(42)43)10-33-23(37)25(41)34-12-2-4-14(18(27)6-12)24(40)35-21-15-8-31-9-16(15)21;/h2-7,10-11,15-16,21,31H,8-9H2,1H3,(H,34,41)(H,35,40);1H. The predicted molar refractivity (Wildman–Crippen MR) is 153 cm³/mol. The van der Waals surface area contributed by atoms with Gasteiger partial charge in [0, 0.05) is 44.1 Å². The number of pyridine rings is 1. The van der Waals surface area contributed by atoms with Gasteiger partial charge in [-0.1, -0.05) is 11.6 Å². The average molecular weight is 652 g/mol. The number of fused-ring (bicyclic) bond motifs is 1. The molecular formula is C26H22Cl2F3N9O4. The summed E-state index contributed by atoms with van der Waals surface area (Å²) in [5.74, 6) is -0.516. The highest BCUT2D eigenvalue weighted by atomic mass is 35.5. The van der Waals surface area contributed by atoms with Crippen LogP contribution in [0.1, 0.15) is 26.7 Å². The van der Waals surface area contributed by atoms with Crippen LogP contribution in [0, 0.1) is 22.0 Å². The second-order valence-corrected chi connectivity index (χ2v) is 10.5. The summed E-state index contributed by atoms with van der Waals surface area (Å²) in [5, 5.41) is 23.4. The molecule has 4 heterocycles. The Morgan fingerprint density at radius 2 is 1.84 bits per heavy atom. The Bertz CT molecular complexity index is 1770. The van der Waals surface area contributed by atoms with E-state index in [2.05, 4.69) is 31.0 Å². The molecule has 2 unspecified atom stereocenters. The number of hydrogen-bond acceptors (Lipinski definition) is 8. The van der Waals surface area contributed by atoms with Crippen LogP contribution >= 0.6 is 24.0 Å². The van der Waals surface area contributed by atoms with Crippen molar-refractivity contribution in [2.75, 3.05) is 18.4 Å². The zero-order valence-corrected chi connectivity index (χ0v) is 24.1. The van der Waals surface area contributed by atoms with Crippen molar-refractivity contribution in [1.82, 2.24) is 34.9 Å². The van der Waals surface area contributed by atoms with Gasteiger partial charge in [0.05, 0.1) is 33.0 Å². The van der Waals surface area contributed by atoms with Crippen LogP contribution in [0.25, 0.3) is 17.1 Å². The molecule has 1 saturated carbocycles. The number of nitrogens with one attached hydrogen (secondary N) is 3. The Balaban J connectivity index is 0.00000384. The molecule has 13 nitrogen and oxygen atoms in total. The number of carbonyl (C=O) groups is 2. The number of hydrogen-bond donors (Lipinski definition) is 3. The molecule has 230 valence electrons. The lowest BCUT2D eigenvalue weighted by atomic mass is 10.2. The first-order chi connectivity index (χ1) is 20.4. The predicted octanol–water partition coefficient (Wildman–Crippen LogP) is 3.87. The van der Waals surface area contributed by atoms with Crippen LogP contribution in [0.2, 0.25) is 5.02 Å². The fraction of sp³-hybridized carbons (Fsp3) is 0.269. The number of amides is 2. The maximum Gasteiger partial charge on any atom is 0.435 e. The summed E-state index contributed by atoms with van der Waals surface area (Å²) < 4.78 is 43.8. The zero-order valence-electron chi connectivity index (χ0n) is 22.5. The van der Waals surface area contributed by atoms with Gasteiger partial charge in [-0.3, -0.25) is 19.7 Å². The molecule has 4 aromatic rings. The van der Waals surface area contributed by atoms with Gasteiger partial charge in [-0.05, 0) is 36.1 Å². The molecule has 18 heteroatoms. The zero-order chi connectivity index (χ0) is 30.6. The second kappa shape index (κ2) is 11.5. The monoisotopic (exact) mass is 651 g/mol. The van der Waals surface area contributed by atoms with Crippen molar-refractivity contribution < 1.29 is 27.7 Å². The minimum absolute atomic E-state index is 0. The van der Waals surface area contributed by atoms with Gasteiger partial charge in [0.25, 0.3) is 17.5 Å². The van der Waals surface area contributed by atoms with Crippen LogP contribution in [-0.4, -0.2) is 60.2 Å². The molecule has 2 atom stereocenters. The summed E-state index contributed by atoms with van der Waals surface area (Å²) in [6, 6.07) is 6.72. The third-order valence-electron chi connectivity index (χ3n) is 7.49. The van der Waals surface area contributed by atoms with E-state index in [1.807, 2.05) is 0 Å². The summed E-state index contributed by atoms with van der Waals surface area (Å²) in [6.45, 7) is 1.72. The fourth-order valence-corrected chi connectivity index (χ4v) is 5.47. The van der Waals surface area contributed by atoms with E-state index in [-0.39, 0.29) is 63.7 Å². The third kappa shape index (κ3) is 5.70. The van der Waals surface area contributed by atoms with E-state index in [1.54, 1.807) is 0 Å². The third-order valence-corrected chi connectivity index (χ3v) is 7.80. The number of alkyl halides is 3. The lowest BCUT2D eigenvalue weighted by Crippen LogP contribution is -2.32. The molecule has 6 rings (SSSR count). The molecule has 1 aliphatic heterocycles. The number of nitro groups is 1. The number of benzene rings is 1. The van der Waals surface area contributed by atoms with Crippen molar-refractivity contribution in [3.8, 4) is 17.1 Å². The smallest absolute Gasteiger partial charge is 0.349 e. The molecule has 2 aliphatic rings. The SMILES string of the molecule is Cl.Cn1c(-c2cn(-c3ccc([N+](=O)[O-])cn3)nc2C(F)(F)F)cnc1C(=O)Nc1ccc(C(=O)NC2C3CNCC32)c(Cl)c1. The number of nitrogens with zero attached hydrogens (tertiary/aromatic N) is 6. The largest absolute Gasteiger partial charge is 0.435 e. The fourth-order valence-electron chi connectivity index (χ4n) is 5.21. The summed E-state index contributed by atoms with van der Waals surface area (Å²) in [5.41, 5.74) is -1.58. The number of piperidine rings is 1. The Morgan fingerprint density at radius 1 is 1.11 bits per heavy atom. The molecule has 2 fully saturated rings. The molecule has 1 aromatic carbocycles. The maximum absolute atomic E-state index is 13.9. The van der Waals surface area contributed by atoms with Gasteiger partial charge >= 0.3 is 6.18 Å². The van der Waals surface area contributed by atoms with Gasteiger partial charge in [0.2, 0.25) is 0 Å². The summed E-state index contributed by atoms with van der Waals surface area (Å²) in [4.78, 5) is 43.8. The Labute approximate surface area is 257 Å². The van der Waals surface area contributed by atoms with E-state index in [4.69, 9.17) is 11.6 Å². The molecule has 3 aromatic heterocycles. The van der Waals surface area contributed by atoms with Crippen molar-refractivity contribution >= 4 is 47.2 Å². The lowest BCUT2D eigenvalue weighted by molar-refractivity contribution is -0.385. The highest BCUT2D eigenvalue weighted by molar-refractivity contribution is 6.34. The minimum atomic E-state index is -4.88. The number of halogens is 5. The average Bonchev–Trinajstić information content (AvgIpc) is 3.41. The van der Waals surface area contributed by atoms with Crippen LogP contribution in [0.3, 0.4) is 0 Å². The van der Waals surface area contributed by atoms with E-state index >= 15 is 0 Å². The quantitative estimate of drug-likeness (QED) is 0.200. The number of carbonyl (C=O) groups excluding carboxylic acids is 2. The van der Waals surface area contributed by atoms with Crippen LogP contribution < -0.4 is 16.0 Å². The minimum Gasteiger partial charge on any atom is -0.349 e. The van der Waals surface area contributed by atoms with Crippen molar-refractivity contribution in [2.45, 2.75) is 12.2 Å². The highest BCUT2D eigenvalue weighted by Crippen LogP contribution is 2.42. The van der Waals surface area contributed by atoms with E-state index in [9.17, 15) is 32.9 Å². The first-order valence-electron chi connectivity index (χ1n) is 12.8. The molecule has 2 amide bonds. The molecule has 0 bridgehead atoms. The topological polar surface area (TPSA) is 162 Å². The van der Waals surface area contributed by atoms with E-state index in [0.717, 1.165) is 48.5 Å². The first kappa shape index (κ1) is 30.9.